The average molecular weight is 289 g/mol. The fourth-order valence-corrected chi connectivity index (χ4v) is 4.27. The number of hydrogen-bond acceptors (Lipinski definition) is 4. The number of nitrogens with one attached hydrogen (secondary N) is 1. The van der Waals surface area contributed by atoms with E-state index in [1.54, 1.807) is 0 Å². The fraction of sp³-hybridized carbons (Fsp3) is 0.625. The van der Waals surface area contributed by atoms with Crippen molar-refractivity contribution in [1.29, 1.82) is 0 Å². The molecule has 1 fully saturated rings. The van der Waals surface area contributed by atoms with Crippen LogP contribution < -0.4 is 5.32 Å². The highest BCUT2D eigenvalue weighted by Crippen LogP contribution is 2.41. The molecule has 1 aliphatic heterocycles. The Labute approximate surface area is 125 Å². The first-order valence-corrected chi connectivity index (χ1v) is 8.57. The lowest BCUT2D eigenvalue weighted by Crippen LogP contribution is -2.36. The van der Waals surface area contributed by atoms with Gasteiger partial charge >= 0.3 is 0 Å². The van der Waals surface area contributed by atoms with Crippen LogP contribution in [0.5, 0.6) is 0 Å². The molecule has 1 aliphatic carbocycles. The molecule has 0 aromatic carbocycles. The third-order valence-electron chi connectivity index (χ3n) is 4.56. The number of pyridine rings is 1. The molecule has 3 nitrogen and oxygen atoms in total. The first kappa shape index (κ1) is 13.9. The van der Waals surface area contributed by atoms with Gasteiger partial charge in [0, 0.05) is 31.2 Å². The molecule has 0 bridgehead atoms. The number of aliphatic imine (C=N–C) groups is 1. The molecule has 0 amide bonds. The van der Waals surface area contributed by atoms with Gasteiger partial charge in [-0.2, -0.15) is 0 Å². The largest absolute Gasteiger partial charge is 0.361 e. The van der Waals surface area contributed by atoms with E-state index in [4.69, 9.17) is 4.99 Å². The lowest BCUT2D eigenvalue weighted by atomic mass is 9.75. The molecule has 108 valence electrons. The average Bonchev–Trinajstić information content (AvgIpc) is 2.49. The molecule has 2 heterocycles. The summed E-state index contributed by atoms with van der Waals surface area (Å²) in [6.07, 6.45) is 10.7. The first-order chi connectivity index (χ1) is 9.77. The highest BCUT2D eigenvalue weighted by atomic mass is 32.2. The van der Waals surface area contributed by atoms with Crippen LogP contribution >= 0.6 is 11.8 Å². The van der Waals surface area contributed by atoms with E-state index in [1.807, 2.05) is 24.2 Å². The quantitative estimate of drug-likeness (QED) is 0.905. The van der Waals surface area contributed by atoms with Gasteiger partial charge in [-0.05, 0) is 42.4 Å². The van der Waals surface area contributed by atoms with E-state index in [2.05, 4.69) is 23.3 Å². The Hall–Kier alpha value is -1.03. The zero-order chi connectivity index (χ0) is 13.8. The van der Waals surface area contributed by atoms with Crippen LogP contribution in [0.25, 0.3) is 0 Å². The van der Waals surface area contributed by atoms with Gasteiger partial charge in [0.1, 0.15) is 0 Å². The number of hydrogen-bond donors (Lipinski definition) is 1. The van der Waals surface area contributed by atoms with E-state index in [-0.39, 0.29) is 0 Å². The lowest BCUT2D eigenvalue weighted by molar-refractivity contribution is 0.232. The predicted octanol–water partition coefficient (Wildman–Crippen LogP) is 3.53. The highest BCUT2D eigenvalue weighted by molar-refractivity contribution is 8.13. The third kappa shape index (κ3) is 3.17. The van der Waals surface area contributed by atoms with Crippen molar-refractivity contribution < 1.29 is 0 Å². The molecule has 1 saturated carbocycles. The monoisotopic (exact) mass is 289 g/mol. The van der Waals surface area contributed by atoms with E-state index in [1.165, 1.54) is 49.0 Å². The summed E-state index contributed by atoms with van der Waals surface area (Å²) in [5.74, 6) is 1.24. The minimum atomic E-state index is 0.512. The second kappa shape index (κ2) is 6.17. The van der Waals surface area contributed by atoms with Crippen molar-refractivity contribution in [3.05, 3.63) is 29.6 Å². The van der Waals surface area contributed by atoms with Gasteiger partial charge < -0.3 is 5.32 Å². The van der Waals surface area contributed by atoms with Gasteiger partial charge in [0.25, 0.3) is 0 Å². The van der Waals surface area contributed by atoms with E-state index in [9.17, 15) is 0 Å². The molecule has 20 heavy (non-hydrogen) atoms. The van der Waals surface area contributed by atoms with Crippen LogP contribution in [0.3, 0.4) is 0 Å². The van der Waals surface area contributed by atoms with Gasteiger partial charge in [-0.3, -0.25) is 9.98 Å². The standard InChI is InChI=1S/C16H23N3S/c1-13-5-8-17-9-14(13)10-18-15-19-11-16(12-20-15)6-3-2-4-7-16/h5,8-9H,2-4,6-7,10-12H2,1H3,(H,18,19). The molecule has 4 heteroatoms. The van der Waals surface area contributed by atoms with Crippen molar-refractivity contribution >= 4 is 16.9 Å². The number of aromatic nitrogens is 1. The summed E-state index contributed by atoms with van der Waals surface area (Å²) in [5.41, 5.74) is 3.06. The van der Waals surface area contributed by atoms with Crippen LogP contribution in [0.1, 0.15) is 43.2 Å². The molecular weight excluding hydrogens is 266 g/mol. The van der Waals surface area contributed by atoms with Crippen molar-refractivity contribution in [3.63, 3.8) is 0 Å². The Bertz CT molecular complexity index is 492. The van der Waals surface area contributed by atoms with E-state index < -0.39 is 0 Å². The Morgan fingerprint density at radius 1 is 1.30 bits per heavy atom. The molecule has 2 aliphatic rings. The lowest BCUT2D eigenvalue weighted by Gasteiger charge is -2.38. The van der Waals surface area contributed by atoms with Crippen LogP contribution in [-0.2, 0) is 6.54 Å². The maximum Gasteiger partial charge on any atom is 0.156 e. The summed E-state index contributed by atoms with van der Waals surface area (Å²) in [6.45, 7) is 3.98. The van der Waals surface area contributed by atoms with Crippen molar-refractivity contribution in [2.24, 2.45) is 10.4 Å². The summed E-state index contributed by atoms with van der Waals surface area (Å²) >= 11 is 1.91. The highest BCUT2D eigenvalue weighted by Gasteiger charge is 2.34. The number of rotatable bonds is 2. The van der Waals surface area contributed by atoms with E-state index in [0.717, 1.165) is 18.3 Å². The van der Waals surface area contributed by atoms with Gasteiger partial charge in [-0.1, -0.05) is 31.0 Å². The normalized spacial score (nSPS) is 21.6. The van der Waals surface area contributed by atoms with E-state index >= 15 is 0 Å². The number of thioether (sulfide) groups is 1. The molecule has 0 saturated heterocycles. The topological polar surface area (TPSA) is 37.3 Å². The third-order valence-corrected chi connectivity index (χ3v) is 5.87. The van der Waals surface area contributed by atoms with Crippen LogP contribution in [0.4, 0.5) is 0 Å². The maximum absolute atomic E-state index is 4.80. The Kier molecular flexibility index (Phi) is 4.29. The molecular formula is C16H23N3S. The molecule has 0 unspecified atom stereocenters. The van der Waals surface area contributed by atoms with Crippen LogP contribution in [0.15, 0.2) is 23.5 Å². The molecule has 1 aromatic rings. The Morgan fingerprint density at radius 3 is 2.85 bits per heavy atom. The fourth-order valence-electron chi connectivity index (χ4n) is 3.12. The summed E-state index contributed by atoms with van der Waals surface area (Å²) in [4.78, 5) is 8.99. The Balaban J connectivity index is 1.56. The van der Waals surface area contributed by atoms with Crippen LogP contribution in [0.2, 0.25) is 0 Å². The first-order valence-electron chi connectivity index (χ1n) is 7.58. The van der Waals surface area contributed by atoms with Crippen molar-refractivity contribution in [1.82, 2.24) is 10.3 Å². The minimum Gasteiger partial charge on any atom is -0.361 e. The van der Waals surface area contributed by atoms with Gasteiger partial charge in [0.15, 0.2) is 5.17 Å². The van der Waals surface area contributed by atoms with Crippen LogP contribution in [0, 0.1) is 12.3 Å². The molecule has 1 spiro atoms. The minimum absolute atomic E-state index is 0.512. The molecule has 0 atom stereocenters. The smallest absolute Gasteiger partial charge is 0.156 e. The molecule has 1 aromatic heterocycles. The molecule has 1 N–H and O–H groups in total. The van der Waals surface area contributed by atoms with Crippen molar-refractivity contribution in [2.45, 2.75) is 45.6 Å². The predicted molar refractivity (Wildman–Crippen MR) is 86.1 cm³/mol. The molecule has 3 rings (SSSR count). The summed E-state index contributed by atoms with van der Waals surface area (Å²) < 4.78 is 0. The Morgan fingerprint density at radius 2 is 2.15 bits per heavy atom. The van der Waals surface area contributed by atoms with Gasteiger partial charge in [-0.25, -0.2) is 0 Å². The van der Waals surface area contributed by atoms with Crippen LogP contribution in [-0.4, -0.2) is 22.4 Å². The van der Waals surface area contributed by atoms with Crippen molar-refractivity contribution in [3.8, 4) is 0 Å². The zero-order valence-corrected chi connectivity index (χ0v) is 13.0. The number of nitrogens with zero attached hydrogens (tertiary/aromatic N) is 2. The van der Waals surface area contributed by atoms with E-state index in [0.29, 0.717) is 5.41 Å². The second-order valence-electron chi connectivity index (χ2n) is 6.13. The van der Waals surface area contributed by atoms with Gasteiger partial charge in [0.05, 0.1) is 0 Å². The number of amidine groups is 1. The maximum atomic E-state index is 4.80. The van der Waals surface area contributed by atoms with Gasteiger partial charge in [-0.15, -0.1) is 0 Å². The summed E-state index contributed by atoms with van der Waals surface area (Å²) in [7, 11) is 0. The van der Waals surface area contributed by atoms with Crippen molar-refractivity contribution in [2.75, 3.05) is 12.3 Å². The molecule has 0 radical (unpaired) electrons. The second-order valence-corrected chi connectivity index (χ2v) is 7.09. The SMILES string of the molecule is Cc1ccncc1CNC1=NCC2(CCCCC2)CS1. The summed E-state index contributed by atoms with van der Waals surface area (Å²) in [6, 6.07) is 2.06. The van der Waals surface area contributed by atoms with Gasteiger partial charge in [0.2, 0.25) is 0 Å². The zero-order valence-electron chi connectivity index (χ0n) is 12.2. The summed E-state index contributed by atoms with van der Waals surface area (Å²) in [5, 5.41) is 4.59. The number of aryl methyl sites for hydroxylation is 1.